The molecule has 4 aromatic rings. The van der Waals surface area contributed by atoms with E-state index >= 15 is 0 Å². The number of H-pyrrole nitrogens is 2. The molecule has 0 fully saturated rings. The molecule has 0 amide bonds. The molecular formula is C21H26Cl2N4O2S2. The molecule has 2 aromatic heterocycles. The van der Waals surface area contributed by atoms with E-state index in [9.17, 15) is 0 Å². The van der Waals surface area contributed by atoms with E-state index in [0.717, 1.165) is 31.6 Å². The summed E-state index contributed by atoms with van der Waals surface area (Å²) in [6, 6.07) is 15.6. The minimum atomic E-state index is 0. The molecule has 31 heavy (non-hydrogen) atoms. The van der Waals surface area contributed by atoms with Crippen molar-refractivity contribution >= 4 is 48.3 Å². The average molecular weight is 502 g/mol. The monoisotopic (exact) mass is 500 g/mol. The normalized spacial score (nSPS) is 9.29. The first-order valence-electron chi connectivity index (χ1n) is 8.15. The highest BCUT2D eigenvalue weighted by Crippen LogP contribution is 2.27. The lowest BCUT2D eigenvalue weighted by atomic mass is 10.3. The summed E-state index contributed by atoms with van der Waals surface area (Å²) in [4.78, 5) is 16.7. The zero-order valence-electron chi connectivity index (χ0n) is 15.0. The Morgan fingerprint density at radius 1 is 0.645 bits per heavy atom. The lowest BCUT2D eigenvalue weighted by Gasteiger charge is -2.09. The van der Waals surface area contributed by atoms with Gasteiger partial charge in [0.15, 0.2) is 10.3 Å². The van der Waals surface area contributed by atoms with Crippen molar-refractivity contribution in [2.24, 2.45) is 0 Å². The number of imidazole rings is 2. The van der Waals surface area contributed by atoms with Gasteiger partial charge in [-0.25, -0.2) is 9.97 Å². The first-order chi connectivity index (χ1) is 13.3. The van der Waals surface area contributed by atoms with Crippen LogP contribution in [0.1, 0.15) is 14.9 Å². The number of nitrogens with one attached hydrogen (secondary N) is 2. The van der Waals surface area contributed by atoms with E-state index < -0.39 is 0 Å². The van der Waals surface area contributed by atoms with Gasteiger partial charge < -0.3 is 19.4 Å². The summed E-state index contributed by atoms with van der Waals surface area (Å²) in [6.45, 7) is 0.148. The number of ether oxygens (including phenoxy) is 2. The summed E-state index contributed by atoms with van der Waals surface area (Å²) < 4.78 is 11.3. The Labute approximate surface area is 203 Å². The Morgan fingerprint density at radius 3 is 1.35 bits per heavy atom. The summed E-state index contributed by atoms with van der Waals surface area (Å²) in [5, 5.41) is 1.72. The van der Waals surface area contributed by atoms with Crippen molar-refractivity contribution < 1.29 is 9.47 Å². The molecular weight excluding hydrogens is 475 g/mol. The van der Waals surface area contributed by atoms with E-state index in [4.69, 9.17) is 9.47 Å². The van der Waals surface area contributed by atoms with Crippen molar-refractivity contribution in [3.05, 3.63) is 73.3 Å². The number of rotatable bonds is 8. The van der Waals surface area contributed by atoms with Gasteiger partial charge >= 0.3 is 0 Å². The van der Waals surface area contributed by atoms with E-state index in [0.29, 0.717) is 0 Å². The second-order valence-corrected chi connectivity index (χ2v) is 7.47. The van der Waals surface area contributed by atoms with Crippen LogP contribution in [-0.4, -0.2) is 26.7 Å². The molecule has 2 heterocycles. The van der Waals surface area contributed by atoms with Gasteiger partial charge in [-0.3, -0.25) is 0 Å². The minimum Gasteiger partial charge on any atom is -0.458 e. The first kappa shape index (κ1) is 28.7. The highest BCUT2D eigenvalue weighted by atomic mass is 35.5. The van der Waals surface area contributed by atoms with Crippen LogP contribution in [0.25, 0.3) is 0 Å². The highest BCUT2D eigenvalue weighted by molar-refractivity contribution is 7.99. The highest BCUT2D eigenvalue weighted by Gasteiger charge is 2.02. The standard InChI is InChI=1S/C19H16N4O2S2.2CH4.2ClH/c1-5-16(26-18-20-9-10-21-18)6-2-14(1)24-13-25-15-3-7-17(8-4-15)27-19-22-11-12-23-19;;;;/h1-12H,13H2,(H,20,21)(H,22,23);2*1H4;2*1H. The molecule has 0 unspecified atom stereocenters. The molecule has 2 aromatic carbocycles. The summed E-state index contributed by atoms with van der Waals surface area (Å²) in [6.07, 6.45) is 7.08. The molecule has 0 radical (unpaired) electrons. The maximum Gasteiger partial charge on any atom is 0.230 e. The van der Waals surface area contributed by atoms with E-state index in [1.807, 2.05) is 48.5 Å². The molecule has 4 rings (SSSR count). The Balaban J connectivity index is 0.00000225. The van der Waals surface area contributed by atoms with E-state index in [1.54, 1.807) is 48.3 Å². The van der Waals surface area contributed by atoms with Crippen LogP contribution in [0.4, 0.5) is 0 Å². The molecule has 6 nitrogen and oxygen atoms in total. The molecule has 0 spiro atoms. The molecule has 0 aliphatic heterocycles. The lowest BCUT2D eigenvalue weighted by Crippen LogP contribution is -2.05. The van der Waals surface area contributed by atoms with Crippen LogP contribution in [0, 0.1) is 0 Å². The molecule has 0 aliphatic carbocycles. The minimum absolute atomic E-state index is 0. The van der Waals surface area contributed by atoms with Crippen molar-refractivity contribution in [1.29, 1.82) is 0 Å². The molecule has 0 bridgehead atoms. The van der Waals surface area contributed by atoms with Gasteiger partial charge in [0.25, 0.3) is 0 Å². The van der Waals surface area contributed by atoms with Crippen LogP contribution in [0.15, 0.2) is 93.4 Å². The van der Waals surface area contributed by atoms with Gasteiger partial charge in [-0.1, -0.05) is 38.4 Å². The summed E-state index contributed by atoms with van der Waals surface area (Å²) in [7, 11) is 0. The summed E-state index contributed by atoms with van der Waals surface area (Å²) >= 11 is 3.13. The van der Waals surface area contributed by atoms with Crippen LogP contribution < -0.4 is 9.47 Å². The third-order valence-corrected chi connectivity index (χ3v) is 5.32. The average Bonchev–Trinajstić information content (AvgIpc) is 3.39. The van der Waals surface area contributed by atoms with Crippen LogP contribution in [0.2, 0.25) is 0 Å². The molecule has 0 atom stereocenters. The predicted octanol–water partition coefficient (Wildman–Crippen LogP) is 6.97. The largest absolute Gasteiger partial charge is 0.458 e. The fourth-order valence-electron chi connectivity index (χ4n) is 2.21. The van der Waals surface area contributed by atoms with Gasteiger partial charge in [0, 0.05) is 34.6 Å². The Hall–Kier alpha value is -2.26. The number of benzene rings is 2. The summed E-state index contributed by atoms with van der Waals surface area (Å²) in [5.41, 5.74) is 0. The third-order valence-electron chi connectivity index (χ3n) is 3.47. The first-order valence-corrected chi connectivity index (χ1v) is 9.79. The smallest absolute Gasteiger partial charge is 0.230 e. The SMILES string of the molecule is C.C.Cl.Cl.c1c[nH]c(Sc2ccc(OCOc3ccc(Sc4ncc[nH]4)cc3)cc2)n1. The number of aromatic nitrogens is 4. The van der Waals surface area contributed by atoms with Crippen molar-refractivity contribution in [2.75, 3.05) is 6.79 Å². The van der Waals surface area contributed by atoms with E-state index in [-0.39, 0.29) is 46.5 Å². The Kier molecular flexibility index (Phi) is 13.6. The zero-order chi connectivity index (χ0) is 18.3. The van der Waals surface area contributed by atoms with Crippen molar-refractivity contribution in [1.82, 2.24) is 19.9 Å². The van der Waals surface area contributed by atoms with Gasteiger partial charge in [-0.15, -0.1) is 24.8 Å². The molecule has 0 aliphatic rings. The van der Waals surface area contributed by atoms with E-state index in [2.05, 4.69) is 19.9 Å². The molecule has 2 N–H and O–H groups in total. The number of hydrogen-bond donors (Lipinski definition) is 2. The van der Waals surface area contributed by atoms with Crippen LogP contribution >= 0.6 is 48.3 Å². The quantitative estimate of drug-likeness (QED) is 0.254. The summed E-state index contributed by atoms with van der Waals surface area (Å²) in [5.74, 6) is 1.51. The van der Waals surface area contributed by atoms with Gasteiger partial charge in [0.2, 0.25) is 6.79 Å². The van der Waals surface area contributed by atoms with Crippen LogP contribution in [-0.2, 0) is 0 Å². The number of aromatic amines is 2. The maximum atomic E-state index is 5.64. The second kappa shape index (κ2) is 14.7. The molecule has 168 valence electrons. The maximum absolute atomic E-state index is 5.64. The van der Waals surface area contributed by atoms with Gasteiger partial charge in [-0.2, -0.15) is 0 Å². The van der Waals surface area contributed by atoms with E-state index in [1.165, 1.54) is 0 Å². The van der Waals surface area contributed by atoms with Crippen molar-refractivity contribution in [3.8, 4) is 11.5 Å². The van der Waals surface area contributed by atoms with Crippen molar-refractivity contribution in [3.63, 3.8) is 0 Å². The third kappa shape index (κ3) is 8.78. The number of hydrogen-bond acceptors (Lipinski definition) is 6. The zero-order valence-corrected chi connectivity index (χ0v) is 18.2. The number of halogens is 2. The predicted molar refractivity (Wildman–Crippen MR) is 132 cm³/mol. The second-order valence-electron chi connectivity index (χ2n) is 5.34. The molecule has 10 heteroatoms. The number of nitrogens with zero attached hydrogens (tertiary/aromatic N) is 2. The fraction of sp³-hybridized carbons (Fsp3) is 0.143. The van der Waals surface area contributed by atoms with Crippen LogP contribution in [0.5, 0.6) is 11.5 Å². The Morgan fingerprint density at radius 2 is 1.03 bits per heavy atom. The Bertz CT molecular complexity index is 872. The molecule has 0 saturated heterocycles. The lowest BCUT2D eigenvalue weighted by molar-refractivity contribution is 0.119. The van der Waals surface area contributed by atoms with Gasteiger partial charge in [-0.05, 0) is 48.5 Å². The fourth-order valence-corrected chi connectivity index (χ4v) is 3.68. The van der Waals surface area contributed by atoms with Gasteiger partial charge in [0.1, 0.15) is 11.5 Å². The van der Waals surface area contributed by atoms with Crippen LogP contribution in [0.3, 0.4) is 0 Å². The molecule has 0 saturated carbocycles. The van der Waals surface area contributed by atoms with Crippen molar-refractivity contribution in [2.45, 2.75) is 35.0 Å². The topological polar surface area (TPSA) is 75.8 Å². The van der Waals surface area contributed by atoms with Gasteiger partial charge in [0.05, 0.1) is 0 Å².